The molecule has 0 aliphatic heterocycles. The molecule has 0 aliphatic rings. The van der Waals surface area contributed by atoms with Crippen LogP contribution < -0.4 is 11.1 Å². The van der Waals surface area contributed by atoms with Gasteiger partial charge in [-0.25, -0.2) is 0 Å². The van der Waals surface area contributed by atoms with E-state index in [1.165, 1.54) is 11.3 Å². The Morgan fingerprint density at radius 3 is 2.76 bits per heavy atom. The van der Waals surface area contributed by atoms with Gasteiger partial charge in [-0.15, -0.1) is 11.3 Å². The lowest BCUT2D eigenvalue weighted by Gasteiger charge is -2.09. The van der Waals surface area contributed by atoms with Crippen molar-refractivity contribution in [2.75, 3.05) is 5.32 Å². The minimum atomic E-state index is -0.505. The van der Waals surface area contributed by atoms with Crippen molar-refractivity contribution in [2.45, 2.75) is 39.7 Å². The van der Waals surface area contributed by atoms with E-state index in [0.717, 1.165) is 16.9 Å². The Bertz CT molecular complexity index is 459. The Labute approximate surface area is 105 Å². The highest BCUT2D eigenvalue weighted by molar-refractivity contribution is 7.16. The summed E-state index contributed by atoms with van der Waals surface area (Å²) in [7, 11) is 0. The van der Waals surface area contributed by atoms with Crippen LogP contribution in [0.2, 0.25) is 0 Å². The quantitative estimate of drug-likeness (QED) is 0.861. The maximum atomic E-state index is 11.8. The third-order valence-electron chi connectivity index (χ3n) is 2.67. The lowest BCUT2D eigenvalue weighted by atomic mass is 10.1. The predicted octanol–water partition coefficient (Wildman–Crippen LogP) is 2.30. The third-order valence-corrected chi connectivity index (χ3v) is 3.79. The summed E-state index contributed by atoms with van der Waals surface area (Å²) >= 11 is 1.42. The van der Waals surface area contributed by atoms with Crippen LogP contribution in [0.1, 0.15) is 35.8 Å². The summed E-state index contributed by atoms with van der Waals surface area (Å²) in [6.45, 7) is 5.79. The van der Waals surface area contributed by atoms with Gasteiger partial charge in [0, 0.05) is 4.88 Å². The molecular formula is C12H17N3OS. The van der Waals surface area contributed by atoms with E-state index in [9.17, 15) is 4.79 Å². The SMILES string of the molecule is CCC[C@H](N)C(=O)Nc1sc(C)c(C)c1C#N. The van der Waals surface area contributed by atoms with E-state index < -0.39 is 6.04 Å². The number of aryl methyl sites for hydroxylation is 1. The van der Waals surface area contributed by atoms with E-state index in [2.05, 4.69) is 11.4 Å². The topological polar surface area (TPSA) is 78.9 Å². The van der Waals surface area contributed by atoms with Crippen LogP contribution >= 0.6 is 11.3 Å². The number of amides is 1. The molecule has 1 aromatic rings. The van der Waals surface area contributed by atoms with Gasteiger partial charge in [0.15, 0.2) is 0 Å². The van der Waals surface area contributed by atoms with Crippen LogP contribution in [0.5, 0.6) is 0 Å². The summed E-state index contributed by atoms with van der Waals surface area (Å²) in [5.74, 6) is -0.218. The van der Waals surface area contributed by atoms with Crippen LogP contribution in [0.25, 0.3) is 0 Å². The average molecular weight is 251 g/mol. The zero-order valence-electron chi connectivity index (χ0n) is 10.3. The summed E-state index contributed by atoms with van der Waals surface area (Å²) in [6.07, 6.45) is 1.51. The van der Waals surface area contributed by atoms with Crippen LogP contribution in [-0.4, -0.2) is 11.9 Å². The van der Waals surface area contributed by atoms with Crippen molar-refractivity contribution in [1.29, 1.82) is 5.26 Å². The standard InChI is InChI=1S/C12H17N3OS/c1-4-5-10(14)11(16)15-12-9(6-13)7(2)8(3)17-12/h10H,4-5,14H2,1-3H3,(H,15,16)/t10-/m0/s1. The molecule has 0 spiro atoms. The van der Waals surface area contributed by atoms with Gasteiger partial charge in [0.25, 0.3) is 0 Å². The van der Waals surface area contributed by atoms with Crippen molar-refractivity contribution in [3.8, 4) is 6.07 Å². The molecule has 0 aromatic carbocycles. The molecule has 1 amide bonds. The Kier molecular flexibility index (Phi) is 4.67. The molecule has 0 fully saturated rings. The number of thiophene rings is 1. The Morgan fingerprint density at radius 1 is 1.59 bits per heavy atom. The minimum absolute atomic E-state index is 0.218. The third kappa shape index (κ3) is 3.05. The van der Waals surface area contributed by atoms with Crippen molar-refractivity contribution in [3.05, 3.63) is 16.0 Å². The second-order valence-electron chi connectivity index (χ2n) is 3.98. The molecule has 1 heterocycles. The highest BCUT2D eigenvalue weighted by Gasteiger charge is 2.17. The van der Waals surface area contributed by atoms with Crippen LogP contribution in [0.3, 0.4) is 0 Å². The number of nitrogens with zero attached hydrogens (tertiary/aromatic N) is 1. The van der Waals surface area contributed by atoms with Gasteiger partial charge < -0.3 is 11.1 Å². The lowest BCUT2D eigenvalue weighted by Crippen LogP contribution is -2.35. The summed E-state index contributed by atoms with van der Waals surface area (Å²) in [6, 6.07) is 1.61. The lowest BCUT2D eigenvalue weighted by molar-refractivity contribution is -0.117. The summed E-state index contributed by atoms with van der Waals surface area (Å²) < 4.78 is 0. The molecule has 0 aliphatic carbocycles. The van der Waals surface area contributed by atoms with Gasteiger partial charge in [-0.05, 0) is 25.8 Å². The minimum Gasteiger partial charge on any atom is -0.320 e. The largest absolute Gasteiger partial charge is 0.320 e. The normalized spacial score (nSPS) is 11.9. The molecule has 0 saturated heterocycles. The van der Waals surface area contributed by atoms with Gasteiger partial charge in [-0.3, -0.25) is 4.79 Å². The molecule has 0 bridgehead atoms. The number of hydrogen-bond donors (Lipinski definition) is 2. The zero-order valence-corrected chi connectivity index (χ0v) is 11.1. The molecule has 1 atom stereocenters. The van der Waals surface area contributed by atoms with E-state index in [4.69, 9.17) is 11.0 Å². The Morgan fingerprint density at radius 2 is 2.24 bits per heavy atom. The molecule has 3 N–H and O–H groups in total. The second kappa shape index (κ2) is 5.80. The predicted molar refractivity (Wildman–Crippen MR) is 70.0 cm³/mol. The highest BCUT2D eigenvalue weighted by Crippen LogP contribution is 2.31. The number of carbonyl (C=O) groups is 1. The van der Waals surface area contributed by atoms with Gasteiger partial charge >= 0.3 is 0 Å². The van der Waals surface area contributed by atoms with E-state index in [-0.39, 0.29) is 5.91 Å². The van der Waals surface area contributed by atoms with Gasteiger partial charge in [0.2, 0.25) is 5.91 Å². The highest BCUT2D eigenvalue weighted by atomic mass is 32.1. The number of anilines is 1. The molecule has 92 valence electrons. The first-order valence-corrected chi connectivity index (χ1v) is 6.39. The van der Waals surface area contributed by atoms with Crippen LogP contribution in [0, 0.1) is 25.2 Å². The van der Waals surface area contributed by atoms with Crippen molar-refractivity contribution in [1.82, 2.24) is 0 Å². The molecular weight excluding hydrogens is 234 g/mol. The molecule has 0 unspecified atom stereocenters. The molecule has 0 radical (unpaired) electrons. The molecule has 17 heavy (non-hydrogen) atoms. The molecule has 0 saturated carbocycles. The monoisotopic (exact) mass is 251 g/mol. The van der Waals surface area contributed by atoms with E-state index in [1.54, 1.807) is 0 Å². The van der Waals surface area contributed by atoms with Crippen LogP contribution in [0.15, 0.2) is 0 Å². The fourth-order valence-corrected chi connectivity index (χ4v) is 2.51. The zero-order chi connectivity index (χ0) is 13.0. The summed E-state index contributed by atoms with van der Waals surface area (Å²) in [4.78, 5) is 12.8. The summed E-state index contributed by atoms with van der Waals surface area (Å²) in [5, 5.41) is 12.4. The fraction of sp³-hybridized carbons (Fsp3) is 0.500. The first kappa shape index (κ1) is 13.7. The molecule has 4 nitrogen and oxygen atoms in total. The maximum Gasteiger partial charge on any atom is 0.241 e. The second-order valence-corrected chi connectivity index (χ2v) is 5.21. The molecule has 5 heteroatoms. The van der Waals surface area contributed by atoms with E-state index >= 15 is 0 Å². The van der Waals surface area contributed by atoms with Crippen molar-refractivity contribution >= 4 is 22.2 Å². The van der Waals surface area contributed by atoms with Gasteiger partial charge in [-0.1, -0.05) is 13.3 Å². The van der Waals surface area contributed by atoms with Crippen molar-refractivity contribution in [3.63, 3.8) is 0 Å². The number of nitrogens with one attached hydrogen (secondary N) is 1. The molecule has 1 aromatic heterocycles. The van der Waals surface area contributed by atoms with Crippen LogP contribution in [0.4, 0.5) is 5.00 Å². The first-order valence-electron chi connectivity index (χ1n) is 5.57. The van der Waals surface area contributed by atoms with E-state index in [0.29, 0.717) is 17.0 Å². The Balaban J connectivity index is 2.86. The average Bonchev–Trinajstić information content (AvgIpc) is 2.54. The van der Waals surface area contributed by atoms with Gasteiger partial charge in [-0.2, -0.15) is 5.26 Å². The Hall–Kier alpha value is -1.38. The summed E-state index contributed by atoms with van der Waals surface area (Å²) in [5.41, 5.74) is 7.20. The van der Waals surface area contributed by atoms with Gasteiger partial charge in [0.05, 0.1) is 11.6 Å². The number of hydrogen-bond acceptors (Lipinski definition) is 4. The van der Waals surface area contributed by atoms with E-state index in [1.807, 2.05) is 20.8 Å². The van der Waals surface area contributed by atoms with Crippen LogP contribution in [-0.2, 0) is 4.79 Å². The number of nitriles is 1. The fourth-order valence-electron chi connectivity index (χ4n) is 1.50. The van der Waals surface area contributed by atoms with Gasteiger partial charge in [0.1, 0.15) is 11.1 Å². The number of carbonyl (C=O) groups excluding carboxylic acids is 1. The van der Waals surface area contributed by atoms with Crippen molar-refractivity contribution < 1.29 is 4.79 Å². The maximum absolute atomic E-state index is 11.8. The van der Waals surface area contributed by atoms with Crippen molar-refractivity contribution in [2.24, 2.45) is 5.73 Å². The first-order chi connectivity index (χ1) is 8.01. The molecule has 1 rings (SSSR count). The smallest absolute Gasteiger partial charge is 0.241 e. The number of rotatable bonds is 4. The number of nitrogens with two attached hydrogens (primary N) is 1.